The molecule has 0 saturated heterocycles. The highest BCUT2D eigenvalue weighted by molar-refractivity contribution is 5.95. The average molecular weight is 420 g/mol. The predicted octanol–water partition coefficient (Wildman–Crippen LogP) is 4.44. The summed E-state index contributed by atoms with van der Waals surface area (Å²) in [6.45, 7) is 1.90. The molecular weight excluding hydrogens is 395 g/mol. The van der Waals surface area contributed by atoms with E-state index in [-0.39, 0.29) is 17.4 Å². The number of aryl methyl sites for hydroxylation is 1. The van der Waals surface area contributed by atoms with Gasteiger partial charge < -0.3 is 10.6 Å². The number of amides is 1. The first-order valence-corrected chi connectivity index (χ1v) is 10.1. The molecule has 160 valence electrons. The molecule has 0 aliphatic carbocycles. The summed E-state index contributed by atoms with van der Waals surface area (Å²) in [6.07, 6.45) is 5.14. The van der Waals surface area contributed by atoms with Crippen LogP contribution < -0.4 is 10.6 Å². The van der Waals surface area contributed by atoms with Crippen molar-refractivity contribution in [2.45, 2.75) is 32.6 Å². The maximum Gasteiger partial charge on any atom is 0.226 e. The number of anilines is 2. The molecule has 0 aliphatic rings. The van der Waals surface area contributed by atoms with Crippen molar-refractivity contribution < 1.29 is 14.0 Å². The second-order valence-corrected chi connectivity index (χ2v) is 7.32. The molecule has 3 rings (SSSR count). The summed E-state index contributed by atoms with van der Waals surface area (Å²) >= 11 is 0. The minimum atomic E-state index is -0.485. The van der Waals surface area contributed by atoms with Crippen molar-refractivity contribution in [2.75, 3.05) is 17.7 Å². The Bertz CT molecular complexity index is 1070. The number of ketones is 1. The molecule has 0 radical (unpaired) electrons. The summed E-state index contributed by atoms with van der Waals surface area (Å²) in [6, 6.07) is 11.6. The quantitative estimate of drug-likeness (QED) is 0.544. The normalized spacial score (nSPS) is 10.7. The van der Waals surface area contributed by atoms with Crippen LogP contribution in [-0.2, 0) is 11.2 Å². The monoisotopic (exact) mass is 420 g/mol. The van der Waals surface area contributed by atoms with Gasteiger partial charge in [0.2, 0.25) is 5.91 Å². The van der Waals surface area contributed by atoms with E-state index in [1.54, 1.807) is 49.8 Å². The van der Waals surface area contributed by atoms with Gasteiger partial charge in [-0.05, 0) is 48.2 Å². The fraction of sp³-hybridized carbons (Fsp3) is 0.250. The number of hydrogen-bond donors (Lipinski definition) is 1. The number of benzene rings is 1. The topological polar surface area (TPSA) is 89.2 Å². The first-order valence-electron chi connectivity index (χ1n) is 10.1. The molecule has 2 heterocycles. The van der Waals surface area contributed by atoms with Gasteiger partial charge in [0.05, 0.1) is 5.69 Å². The van der Waals surface area contributed by atoms with Gasteiger partial charge in [0.15, 0.2) is 5.78 Å². The summed E-state index contributed by atoms with van der Waals surface area (Å²) in [4.78, 5) is 34.0. The third-order valence-corrected chi connectivity index (χ3v) is 5.02. The molecule has 1 amide bonds. The largest absolute Gasteiger partial charge is 0.384 e. The van der Waals surface area contributed by atoms with E-state index < -0.39 is 5.82 Å². The number of nitrogens with zero attached hydrogens (tertiary/aromatic N) is 3. The number of nitrogen functional groups attached to an aromatic ring is 1. The Morgan fingerprint density at radius 3 is 2.39 bits per heavy atom. The van der Waals surface area contributed by atoms with E-state index in [9.17, 15) is 14.0 Å². The van der Waals surface area contributed by atoms with Crippen molar-refractivity contribution >= 4 is 23.2 Å². The van der Waals surface area contributed by atoms with Crippen LogP contribution >= 0.6 is 0 Å². The van der Waals surface area contributed by atoms with E-state index in [0.717, 1.165) is 5.56 Å². The molecule has 7 heteroatoms. The van der Waals surface area contributed by atoms with E-state index >= 15 is 0 Å². The molecule has 0 fully saturated rings. The van der Waals surface area contributed by atoms with Crippen molar-refractivity contribution in [3.63, 3.8) is 0 Å². The van der Waals surface area contributed by atoms with Crippen LogP contribution in [0.2, 0.25) is 0 Å². The van der Waals surface area contributed by atoms with Crippen LogP contribution in [0.5, 0.6) is 0 Å². The van der Waals surface area contributed by atoms with Crippen LogP contribution in [0.1, 0.15) is 42.2 Å². The number of carbonyl (C=O) groups is 2. The number of carbonyl (C=O) groups excluding carboxylic acids is 2. The average Bonchev–Trinajstić information content (AvgIpc) is 2.78. The van der Waals surface area contributed by atoms with Crippen molar-refractivity contribution in [3.8, 4) is 11.1 Å². The van der Waals surface area contributed by atoms with E-state index in [2.05, 4.69) is 9.97 Å². The van der Waals surface area contributed by atoms with Crippen molar-refractivity contribution in [2.24, 2.45) is 0 Å². The Labute approximate surface area is 180 Å². The molecule has 0 unspecified atom stereocenters. The van der Waals surface area contributed by atoms with Gasteiger partial charge in [-0.3, -0.25) is 14.6 Å². The minimum absolute atomic E-state index is 0.0824. The highest BCUT2D eigenvalue weighted by atomic mass is 19.1. The minimum Gasteiger partial charge on any atom is -0.384 e. The molecule has 6 nitrogen and oxygen atoms in total. The van der Waals surface area contributed by atoms with Gasteiger partial charge in [-0.25, -0.2) is 9.37 Å². The fourth-order valence-electron chi connectivity index (χ4n) is 3.17. The van der Waals surface area contributed by atoms with E-state index in [0.29, 0.717) is 48.3 Å². The van der Waals surface area contributed by atoms with Crippen LogP contribution in [-0.4, -0.2) is 28.7 Å². The highest BCUT2D eigenvalue weighted by Crippen LogP contribution is 2.26. The first kappa shape index (κ1) is 22.1. The van der Waals surface area contributed by atoms with E-state index in [4.69, 9.17) is 5.73 Å². The zero-order valence-corrected chi connectivity index (χ0v) is 17.6. The van der Waals surface area contributed by atoms with Crippen molar-refractivity contribution in [1.82, 2.24) is 9.97 Å². The second-order valence-electron chi connectivity index (χ2n) is 7.32. The molecule has 0 aliphatic heterocycles. The number of hydrogen-bond acceptors (Lipinski definition) is 5. The Balaban J connectivity index is 1.67. The Kier molecular flexibility index (Phi) is 7.07. The van der Waals surface area contributed by atoms with Crippen molar-refractivity contribution in [1.29, 1.82) is 0 Å². The smallest absolute Gasteiger partial charge is 0.226 e. The number of Topliss-reactive ketones (excluding diaryl/α,β-unsaturated/α-hetero) is 1. The van der Waals surface area contributed by atoms with Gasteiger partial charge in [0.1, 0.15) is 17.3 Å². The summed E-state index contributed by atoms with van der Waals surface area (Å²) in [5, 5.41) is 0. The number of rotatable bonds is 8. The predicted molar refractivity (Wildman–Crippen MR) is 119 cm³/mol. The fourth-order valence-corrected chi connectivity index (χ4v) is 3.17. The first-order chi connectivity index (χ1) is 14.9. The van der Waals surface area contributed by atoms with Gasteiger partial charge >= 0.3 is 0 Å². The number of pyridine rings is 2. The standard InChI is InChI=1S/C24H25FN4O2/c1-3-4-24(31)29(2)21-10-8-17(13-19(21)25)18-7-9-20(27-15-18)22(30)11-5-16-6-12-23(26)28-14-16/h6-10,12-15H,3-5,11H2,1-2H3,(H2,26,28). The Morgan fingerprint density at radius 1 is 1.00 bits per heavy atom. The maximum atomic E-state index is 14.6. The lowest BCUT2D eigenvalue weighted by Gasteiger charge is -2.18. The zero-order valence-electron chi connectivity index (χ0n) is 17.6. The Morgan fingerprint density at radius 2 is 1.77 bits per heavy atom. The summed E-state index contributed by atoms with van der Waals surface area (Å²) in [7, 11) is 1.57. The summed E-state index contributed by atoms with van der Waals surface area (Å²) in [5.74, 6) is -0.257. The third kappa shape index (κ3) is 5.51. The van der Waals surface area contributed by atoms with Gasteiger partial charge in [-0.2, -0.15) is 0 Å². The molecule has 0 saturated carbocycles. The number of halogens is 1. The Hall–Kier alpha value is -3.61. The molecule has 0 spiro atoms. The molecule has 1 aromatic carbocycles. The summed E-state index contributed by atoms with van der Waals surface area (Å²) < 4.78 is 14.6. The molecule has 2 N–H and O–H groups in total. The molecule has 31 heavy (non-hydrogen) atoms. The summed E-state index contributed by atoms with van der Waals surface area (Å²) in [5.41, 5.74) is 8.39. The highest BCUT2D eigenvalue weighted by Gasteiger charge is 2.15. The van der Waals surface area contributed by atoms with Gasteiger partial charge in [-0.15, -0.1) is 0 Å². The van der Waals surface area contributed by atoms with Crippen molar-refractivity contribution in [3.05, 3.63) is 71.9 Å². The molecule has 3 aromatic rings. The lowest BCUT2D eigenvalue weighted by atomic mass is 10.0. The van der Waals surface area contributed by atoms with Gasteiger partial charge in [-0.1, -0.05) is 25.1 Å². The molecule has 0 bridgehead atoms. The van der Waals surface area contributed by atoms with Gasteiger partial charge in [0, 0.05) is 37.8 Å². The lowest BCUT2D eigenvalue weighted by Crippen LogP contribution is -2.26. The van der Waals surface area contributed by atoms with Crippen LogP contribution in [0.25, 0.3) is 11.1 Å². The van der Waals surface area contributed by atoms with Crippen LogP contribution in [0.15, 0.2) is 54.9 Å². The van der Waals surface area contributed by atoms with E-state index in [1.165, 1.54) is 11.0 Å². The second kappa shape index (κ2) is 9.93. The SMILES string of the molecule is CCCC(=O)N(C)c1ccc(-c2ccc(C(=O)CCc3ccc(N)nc3)nc2)cc1F. The maximum absolute atomic E-state index is 14.6. The van der Waals surface area contributed by atoms with E-state index in [1.807, 2.05) is 13.0 Å². The zero-order chi connectivity index (χ0) is 22.4. The third-order valence-electron chi connectivity index (χ3n) is 5.02. The number of nitrogens with two attached hydrogens (primary N) is 1. The van der Waals surface area contributed by atoms with Gasteiger partial charge in [0.25, 0.3) is 0 Å². The molecular formula is C24H25FN4O2. The van der Waals surface area contributed by atoms with Crippen LogP contribution in [0.3, 0.4) is 0 Å². The van der Waals surface area contributed by atoms with Crippen LogP contribution in [0, 0.1) is 5.82 Å². The molecule has 2 aromatic heterocycles. The van der Waals surface area contributed by atoms with Crippen LogP contribution in [0.4, 0.5) is 15.9 Å². The molecule has 0 atom stereocenters. The lowest BCUT2D eigenvalue weighted by molar-refractivity contribution is -0.118. The number of aromatic nitrogens is 2.